The molecule has 0 N–H and O–H groups in total. The van der Waals surface area contributed by atoms with Crippen LogP contribution in [0.1, 0.15) is 25.7 Å². The van der Waals surface area contributed by atoms with E-state index in [0.29, 0.717) is 5.71 Å². The maximum atomic E-state index is 10.6. The van der Waals surface area contributed by atoms with Gasteiger partial charge in [0.1, 0.15) is 16.2 Å². The second-order valence-corrected chi connectivity index (χ2v) is 5.22. The molecule has 1 heterocycles. The Labute approximate surface area is 111 Å². The van der Waals surface area contributed by atoms with Crippen molar-refractivity contribution in [3.05, 3.63) is 0 Å². The molecule has 1 fully saturated rings. The molecule has 15 heavy (non-hydrogen) atoms. The van der Waals surface area contributed by atoms with E-state index in [1.807, 2.05) is 0 Å². The maximum Gasteiger partial charge on any atom is 1.00 e. The average Bonchev–Trinajstić information content (AvgIpc) is 2.47. The molecule has 2 rings (SSSR count). The fraction of sp³-hybridized carbons (Fsp3) is 0.875. The van der Waals surface area contributed by atoms with Crippen molar-refractivity contribution in [2.75, 3.05) is 5.75 Å². The fourth-order valence-corrected chi connectivity index (χ4v) is 2.75. The first-order chi connectivity index (χ1) is 6.56. The third-order valence-corrected chi connectivity index (χ3v) is 3.41. The van der Waals surface area contributed by atoms with Gasteiger partial charge in [-0.05, 0) is 19.3 Å². The van der Waals surface area contributed by atoms with Gasteiger partial charge in [-0.3, -0.25) is 0 Å². The second kappa shape index (κ2) is 5.14. The van der Waals surface area contributed by atoms with E-state index in [1.54, 1.807) is 0 Å². The molecule has 5 nitrogen and oxygen atoms in total. The third kappa shape index (κ3) is 3.42. The number of oxime groups is 1. The van der Waals surface area contributed by atoms with E-state index < -0.39 is 15.9 Å². The zero-order chi connectivity index (χ0) is 10.2. The molecule has 1 aliphatic carbocycles. The summed E-state index contributed by atoms with van der Waals surface area (Å²) in [5.74, 6) is -0.429. The van der Waals surface area contributed by atoms with Crippen LogP contribution in [-0.4, -0.2) is 30.5 Å². The topological polar surface area (TPSA) is 78.8 Å². The molecule has 0 aromatic carbocycles. The van der Waals surface area contributed by atoms with E-state index in [-0.39, 0.29) is 41.6 Å². The summed E-state index contributed by atoms with van der Waals surface area (Å²) in [5, 5.41) is 3.70. The maximum absolute atomic E-state index is 10.6. The predicted octanol–water partition coefficient (Wildman–Crippen LogP) is -2.52. The molecule has 2 atom stereocenters. The molecule has 0 radical (unpaired) electrons. The van der Waals surface area contributed by atoms with Gasteiger partial charge in [0.25, 0.3) is 0 Å². The molecule has 7 heteroatoms. The van der Waals surface area contributed by atoms with E-state index in [0.717, 1.165) is 25.7 Å². The summed E-state index contributed by atoms with van der Waals surface area (Å²) < 4.78 is 31.7. The van der Waals surface area contributed by atoms with Crippen LogP contribution in [0.25, 0.3) is 0 Å². The molecule has 2 aliphatic rings. The summed E-state index contributed by atoms with van der Waals surface area (Å²) >= 11 is 0. The van der Waals surface area contributed by atoms with Gasteiger partial charge in [-0.15, -0.1) is 0 Å². The smallest absolute Gasteiger partial charge is 0.748 e. The van der Waals surface area contributed by atoms with Gasteiger partial charge in [-0.2, -0.15) is 0 Å². The van der Waals surface area contributed by atoms with Crippen molar-refractivity contribution in [1.82, 2.24) is 0 Å². The summed E-state index contributed by atoms with van der Waals surface area (Å²) in [6, 6.07) is 0. The van der Waals surface area contributed by atoms with Crippen molar-refractivity contribution in [2.45, 2.75) is 31.8 Å². The van der Waals surface area contributed by atoms with Crippen LogP contribution in [0.3, 0.4) is 0 Å². The van der Waals surface area contributed by atoms with Crippen LogP contribution >= 0.6 is 0 Å². The zero-order valence-electron chi connectivity index (χ0n) is 8.68. The normalized spacial score (nSPS) is 29.8. The standard InChI is InChI=1S/C8H13NO4S.Na/c10-14(11,12)5-7-6-3-1-2-4-8(6)13-9-7;/h6,8H,1-5H2,(H,10,11,12);/q;+1/p-1. The minimum atomic E-state index is -4.22. The van der Waals surface area contributed by atoms with Gasteiger partial charge < -0.3 is 9.39 Å². The van der Waals surface area contributed by atoms with Crippen LogP contribution in [0.4, 0.5) is 0 Å². The Bertz CT molecular complexity index is 354. The first-order valence-electron chi connectivity index (χ1n) is 4.72. The van der Waals surface area contributed by atoms with Crippen LogP contribution in [0, 0.1) is 5.92 Å². The van der Waals surface area contributed by atoms with Crippen molar-refractivity contribution >= 4 is 15.8 Å². The Hall–Kier alpha value is 0.380. The van der Waals surface area contributed by atoms with Crippen LogP contribution in [-0.2, 0) is 15.0 Å². The van der Waals surface area contributed by atoms with Crippen LogP contribution in [0.2, 0.25) is 0 Å². The summed E-state index contributed by atoms with van der Waals surface area (Å²) in [4.78, 5) is 5.10. The summed E-state index contributed by atoms with van der Waals surface area (Å²) in [6.45, 7) is 0. The Morgan fingerprint density at radius 2 is 2.07 bits per heavy atom. The van der Waals surface area contributed by atoms with Gasteiger partial charge in [-0.1, -0.05) is 11.6 Å². The molecule has 80 valence electrons. The molecule has 0 aromatic rings. The monoisotopic (exact) mass is 241 g/mol. The first kappa shape index (κ1) is 13.4. The summed E-state index contributed by atoms with van der Waals surface area (Å²) in [7, 11) is -4.22. The Morgan fingerprint density at radius 3 is 2.73 bits per heavy atom. The summed E-state index contributed by atoms with van der Waals surface area (Å²) in [5.41, 5.74) is 0.421. The van der Waals surface area contributed by atoms with E-state index in [2.05, 4.69) is 5.16 Å². The molecule has 1 aliphatic heterocycles. The molecular weight excluding hydrogens is 229 g/mol. The van der Waals surface area contributed by atoms with Crippen LogP contribution in [0.15, 0.2) is 5.16 Å². The van der Waals surface area contributed by atoms with Gasteiger partial charge in [-0.25, -0.2) is 8.42 Å². The van der Waals surface area contributed by atoms with Crippen LogP contribution < -0.4 is 29.6 Å². The van der Waals surface area contributed by atoms with Crippen LogP contribution in [0.5, 0.6) is 0 Å². The van der Waals surface area contributed by atoms with Crippen molar-refractivity contribution in [1.29, 1.82) is 0 Å². The largest absolute Gasteiger partial charge is 1.00 e. The number of hydrogen-bond donors (Lipinski definition) is 0. The summed E-state index contributed by atoms with van der Waals surface area (Å²) in [6.07, 6.45) is 3.96. The predicted molar refractivity (Wildman–Crippen MR) is 48.8 cm³/mol. The van der Waals surface area contributed by atoms with Gasteiger partial charge in [0.2, 0.25) is 0 Å². The molecule has 2 unspecified atom stereocenters. The van der Waals surface area contributed by atoms with Gasteiger partial charge >= 0.3 is 29.6 Å². The Morgan fingerprint density at radius 1 is 1.40 bits per heavy atom. The zero-order valence-corrected chi connectivity index (χ0v) is 11.5. The second-order valence-electron chi connectivity index (χ2n) is 3.82. The average molecular weight is 241 g/mol. The molecule has 0 saturated heterocycles. The Kier molecular flexibility index (Phi) is 4.61. The molecule has 0 aromatic heterocycles. The van der Waals surface area contributed by atoms with Crippen molar-refractivity contribution in [2.24, 2.45) is 11.1 Å². The number of hydrogen-bond acceptors (Lipinski definition) is 5. The van der Waals surface area contributed by atoms with Gasteiger partial charge in [0.05, 0.1) is 11.5 Å². The minimum absolute atomic E-state index is 0. The van der Waals surface area contributed by atoms with Crippen molar-refractivity contribution in [3.63, 3.8) is 0 Å². The van der Waals surface area contributed by atoms with E-state index >= 15 is 0 Å². The molecule has 0 amide bonds. The minimum Gasteiger partial charge on any atom is -0.748 e. The van der Waals surface area contributed by atoms with Gasteiger partial charge in [0.15, 0.2) is 0 Å². The molecule has 0 bridgehead atoms. The van der Waals surface area contributed by atoms with Crippen molar-refractivity contribution in [3.8, 4) is 0 Å². The van der Waals surface area contributed by atoms with E-state index in [9.17, 15) is 13.0 Å². The Balaban J connectivity index is 0.00000112. The molecule has 1 saturated carbocycles. The molecule has 0 spiro atoms. The van der Waals surface area contributed by atoms with E-state index in [4.69, 9.17) is 4.84 Å². The van der Waals surface area contributed by atoms with Gasteiger partial charge in [0, 0.05) is 5.92 Å². The number of nitrogens with zero attached hydrogens (tertiary/aromatic N) is 1. The first-order valence-corrected chi connectivity index (χ1v) is 6.30. The SMILES string of the molecule is O=S(=O)([O-])CC1=NOC2CCCCC12.[Na+]. The fourth-order valence-electron chi connectivity index (χ4n) is 2.12. The van der Waals surface area contributed by atoms with Crippen molar-refractivity contribution < 1.29 is 47.4 Å². The quantitative estimate of drug-likeness (QED) is 0.395. The number of rotatable bonds is 2. The number of fused-ring (bicyclic) bond motifs is 1. The molecular formula is C8H12NNaO4S. The van der Waals surface area contributed by atoms with E-state index in [1.165, 1.54) is 0 Å². The third-order valence-electron chi connectivity index (χ3n) is 2.76.